The van der Waals surface area contributed by atoms with E-state index in [-0.39, 0.29) is 17.8 Å². The van der Waals surface area contributed by atoms with Crippen LogP contribution in [0.4, 0.5) is 11.6 Å². The van der Waals surface area contributed by atoms with E-state index in [0.717, 1.165) is 11.3 Å². The van der Waals surface area contributed by atoms with Crippen LogP contribution in [0.1, 0.15) is 12.5 Å². The smallest absolute Gasteiger partial charge is 0.250 e. The standard InChI is InChI=1S/C18H16N6O2/c1-11(25)24-14-8-3-2-6-12(14)10-15(24)17(26)21-18-20-16(22-23-18)13-7-4-5-9-19-13/h2-9,15H,10H2,1H3,(H2,20,21,22,23,26)/t15-/m0/s1. The molecule has 1 aliphatic heterocycles. The highest BCUT2D eigenvalue weighted by Crippen LogP contribution is 2.32. The van der Waals surface area contributed by atoms with E-state index in [1.165, 1.54) is 11.8 Å². The minimum atomic E-state index is -0.623. The van der Waals surface area contributed by atoms with Crippen molar-refractivity contribution >= 4 is 23.5 Å². The zero-order chi connectivity index (χ0) is 18.1. The summed E-state index contributed by atoms with van der Waals surface area (Å²) in [6, 6.07) is 12.3. The predicted octanol–water partition coefficient (Wildman–Crippen LogP) is 1.78. The Morgan fingerprint density at radius 1 is 1.19 bits per heavy atom. The molecule has 0 aliphatic carbocycles. The molecule has 2 N–H and O–H groups in total. The normalized spacial score (nSPS) is 15.6. The summed E-state index contributed by atoms with van der Waals surface area (Å²) in [6.45, 7) is 1.45. The fourth-order valence-corrected chi connectivity index (χ4v) is 3.11. The number of nitrogens with one attached hydrogen (secondary N) is 2. The SMILES string of the molecule is CC(=O)N1c2ccccc2C[C@H]1C(=O)Nc1n[nH]c(-c2ccccn2)n1. The highest BCUT2D eigenvalue weighted by Gasteiger charge is 2.37. The molecule has 1 atom stereocenters. The number of para-hydroxylation sites is 1. The number of hydrogen-bond donors (Lipinski definition) is 2. The molecule has 4 rings (SSSR count). The zero-order valence-electron chi connectivity index (χ0n) is 14.0. The summed E-state index contributed by atoms with van der Waals surface area (Å²) in [5, 5.41) is 9.44. The first-order valence-corrected chi connectivity index (χ1v) is 8.16. The third-order valence-electron chi connectivity index (χ3n) is 4.25. The average Bonchev–Trinajstić information content (AvgIpc) is 3.27. The van der Waals surface area contributed by atoms with Gasteiger partial charge in [0, 0.05) is 25.2 Å². The van der Waals surface area contributed by atoms with Gasteiger partial charge in [0.15, 0.2) is 5.82 Å². The van der Waals surface area contributed by atoms with Crippen molar-refractivity contribution in [2.45, 2.75) is 19.4 Å². The van der Waals surface area contributed by atoms with Gasteiger partial charge >= 0.3 is 0 Å². The van der Waals surface area contributed by atoms with Gasteiger partial charge in [-0.25, -0.2) is 0 Å². The summed E-state index contributed by atoms with van der Waals surface area (Å²) in [5.41, 5.74) is 2.36. The number of pyridine rings is 1. The maximum absolute atomic E-state index is 12.7. The van der Waals surface area contributed by atoms with Gasteiger partial charge in [-0.1, -0.05) is 24.3 Å². The lowest BCUT2D eigenvalue weighted by atomic mass is 10.1. The van der Waals surface area contributed by atoms with Crippen molar-refractivity contribution in [1.29, 1.82) is 0 Å². The van der Waals surface area contributed by atoms with E-state index in [4.69, 9.17) is 0 Å². The fourth-order valence-electron chi connectivity index (χ4n) is 3.11. The zero-order valence-corrected chi connectivity index (χ0v) is 14.0. The minimum absolute atomic E-state index is 0.148. The van der Waals surface area contributed by atoms with Gasteiger partial charge in [0.05, 0.1) is 0 Å². The van der Waals surface area contributed by atoms with Crippen molar-refractivity contribution in [3.63, 3.8) is 0 Å². The maximum atomic E-state index is 12.7. The lowest BCUT2D eigenvalue weighted by Gasteiger charge is -2.22. The van der Waals surface area contributed by atoms with Crippen LogP contribution in [-0.4, -0.2) is 38.0 Å². The molecular formula is C18H16N6O2. The van der Waals surface area contributed by atoms with Crippen LogP contribution >= 0.6 is 0 Å². The van der Waals surface area contributed by atoms with Gasteiger partial charge in [0.2, 0.25) is 17.8 Å². The first-order chi connectivity index (χ1) is 12.6. The summed E-state index contributed by atoms with van der Waals surface area (Å²) >= 11 is 0. The topological polar surface area (TPSA) is 104 Å². The van der Waals surface area contributed by atoms with E-state index in [2.05, 4.69) is 25.5 Å². The van der Waals surface area contributed by atoms with Crippen LogP contribution in [0.3, 0.4) is 0 Å². The Labute approximate surface area is 149 Å². The number of amides is 2. The van der Waals surface area contributed by atoms with Gasteiger partial charge < -0.3 is 0 Å². The molecule has 0 saturated carbocycles. The monoisotopic (exact) mass is 348 g/mol. The number of fused-ring (bicyclic) bond motifs is 1. The predicted molar refractivity (Wildman–Crippen MR) is 95.3 cm³/mol. The second kappa shape index (κ2) is 6.40. The Bertz CT molecular complexity index is 969. The molecule has 3 aromatic rings. The third kappa shape index (κ3) is 2.81. The molecule has 130 valence electrons. The van der Waals surface area contributed by atoms with Gasteiger partial charge in [-0.05, 0) is 23.8 Å². The molecule has 0 spiro atoms. The Morgan fingerprint density at radius 3 is 2.77 bits per heavy atom. The fraction of sp³-hybridized carbons (Fsp3) is 0.167. The second-order valence-electron chi connectivity index (χ2n) is 5.95. The van der Waals surface area contributed by atoms with Gasteiger partial charge in [0.25, 0.3) is 0 Å². The number of hydrogen-bond acceptors (Lipinski definition) is 5. The van der Waals surface area contributed by atoms with Gasteiger partial charge in [-0.15, -0.1) is 5.10 Å². The third-order valence-corrected chi connectivity index (χ3v) is 4.25. The van der Waals surface area contributed by atoms with Crippen LogP contribution in [0.15, 0.2) is 48.7 Å². The molecule has 0 fully saturated rings. The van der Waals surface area contributed by atoms with Crippen molar-refractivity contribution < 1.29 is 9.59 Å². The highest BCUT2D eigenvalue weighted by molar-refractivity contribution is 6.06. The van der Waals surface area contributed by atoms with E-state index >= 15 is 0 Å². The van der Waals surface area contributed by atoms with Crippen molar-refractivity contribution in [1.82, 2.24) is 20.2 Å². The second-order valence-corrected chi connectivity index (χ2v) is 5.95. The molecule has 2 aromatic heterocycles. The Kier molecular flexibility index (Phi) is 3.92. The lowest BCUT2D eigenvalue weighted by Crippen LogP contribution is -2.44. The van der Waals surface area contributed by atoms with Crippen LogP contribution in [-0.2, 0) is 16.0 Å². The molecule has 3 heterocycles. The van der Waals surface area contributed by atoms with Crippen LogP contribution in [0.25, 0.3) is 11.5 Å². The van der Waals surface area contributed by atoms with Crippen molar-refractivity contribution in [2.24, 2.45) is 0 Å². The van der Waals surface area contributed by atoms with Crippen molar-refractivity contribution in [2.75, 3.05) is 10.2 Å². The number of carbonyl (C=O) groups excluding carboxylic acids is 2. The Balaban J connectivity index is 1.54. The summed E-state index contributed by atoms with van der Waals surface area (Å²) in [7, 11) is 0. The van der Waals surface area contributed by atoms with Crippen LogP contribution in [0, 0.1) is 0 Å². The first kappa shape index (κ1) is 15.9. The number of rotatable bonds is 3. The van der Waals surface area contributed by atoms with Crippen LogP contribution < -0.4 is 10.2 Å². The maximum Gasteiger partial charge on any atom is 0.250 e. The van der Waals surface area contributed by atoms with E-state index in [1.807, 2.05) is 30.3 Å². The molecule has 8 heteroatoms. The molecule has 8 nitrogen and oxygen atoms in total. The van der Waals surface area contributed by atoms with Crippen molar-refractivity contribution in [3.8, 4) is 11.5 Å². The molecule has 26 heavy (non-hydrogen) atoms. The number of aromatic nitrogens is 4. The summed E-state index contributed by atoms with van der Waals surface area (Å²) in [5.74, 6) is 0.0939. The number of aromatic amines is 1. The van der Waals surface area contributed by atoms with Gasteiger partial charge in [0.1, 0.15) is 11.7 Å². The average molecular weight is 348 g/mol. The summed E-state index contributed by atoms with van der Waals surface area (Å²) in [6.07, 6.45) is 2.11. The Morgan fingerprint density at radius 2 is 2.00 bits per heavy atom. The molecule has 0 radical (unpaired) electrons. The molecule has 1 aromatic carbocycles. The molecule has 0 saturated heterocycles. The number of nitrogens with zero attached hydrogens (tertiary/aromatic N) is 4. The van der Waals surface area contributed by atoms with E-state index in [9.17, 15) is 9.59 Å². The molecule has 1 aliphatic rings. The molecule has 0 unspecified atom stereocenters. The highest BCUT2D eigenvalue weighted by atomic mass is 16.2. The number of carbonyl (C=O) groups is 2. The summed E-state index contributed by atoms with van der Waals surface area (Å²) in [4.78, 5) is 34.7. The Hall–Kier alpha value is -3.55. The molecule has 0 bridgehead atoms. The van der Waals surface area contributed by atoms with E-state index in [1.54, 1.807) is 18.3 Å². The van der Waals surface area contributed by atoms with Gasteiger partial charge in [-0.2, -0.15) is 4.98 Å². The summed E-state index contributed by atoms with van der Waals surface area (Å²) < 4.78 is 0. The lowest BCUT2D eigenvalue weighted by molar-refractivity contribution is -0.122. The minimum Gasteiger partial charge on any atom is -0.300 e. The van der Waals surface area contributed by atoms with E-state index in [0.29, 0.717) is 17.9 Å². The molecule has 2 amide bonds. The van der Waals surface area contributed by atoms with E-state index < -0.39 is 6.04 Å². The largest absolute Gasteiger partial charge is 0.300 e. The number of H-pyrrole nitrogens is 1. The number of anilines is 2. The quantitative estimate of drug-likeness (QED) is 0.751. The van der Waals surface area contributed by atoms with Crippen molar-refractivity contribution in [3.05, 3.63) is 54.2 Å². The number of benzene rings is 1. The van der Waals surface area contributed by atoms with Crippen LogP contribution in [0.2, 0.25) is 0 Å². The van der Waals surface area contributed by atoms with Gasteiger partial charge in [-0.3, -0.25) is 29.9 Å². The first-order valence-electron chi connectivity index (χ1n) is 8.16. The van der Waals surface area contributed by atoms with Crippen LogP contribution in [0.5, 0.6) is 0 Å². The molecular weight excluding hydrogens is 332 g/mol.